The fraction of sp³-hybridized carbons (Fsp3) is 0.250. The highest BCUT2D eigenvalue weighted by atomic mass is 16.4. The number of benzene rings is 1. The number of hydrogen-bond acceptors (Lipinski definition) is 4. The van der Waals surface area contributed by atoms with Crippen LogP contribution >= 0.6 is 0 Å². The monoisotopic (exact) mass is 284 g/mol. The number of aromatic nitrogens is 1. The molecule has 0 saturated heterocycles. The highest BCUT2D eigenvalue weighted by Crippen LogP contribution is 2.17. The normalized spacial score (nSPS) is 13.1. The van der Waals surface area contributed by atoms with Crippen LogP contribution in [0.3, 0.4) is 0 Å². The van der Waals surface area contributed by atoms with Crippen LogP contribution in [-0.4, -0.2) is 16.0 Å². The van der Waals surface area contributed by atoms with Crippen LogP contribution in [0.4, 0.5) is 0 Å². The van der Waals surface area contributed by atoms with E-state index in [1.54, 1.807) is 6.20 Å². The van der Waals surface area contributed by atoms with E-state index in [9.17, 15) is 0 Å². The summed E-state index contributed by atoms with van der Waals surface area (Å²) < 4.78 is 0. The number of pyridine rings is 1. The third-order valence-electron chi connectivity index (χ3n) is 3.38. The first kappa shape index (κ1) is 15.0. The van der Waals surface area contributed by atoms with Crippen LogP contribution in [-0.2, 0) is 6.54 Å². The number of amidine groups is 1. The molecule has 1 unspecified atom stereocenters. The molecule has 0 radical (unpaired) electrons. The Balaban J connectivity index is 2.11. The minimum Gasteiger partial charge on any atom is -0.409 e. The van der Waals surface area contributed by atoms with E-state index >= 15 is 0 Å². The summed E-state index contributed by atoms with van der Waals surface area (Å²) in [6, 6.07) is 13.9. The van der Waals surface area contributed by atoms with Gasteiger partial charge in [-0.3, -0.25) is 4.98 Å². The Bertz CT molecular complexity index is 598. The number of nitrogens with zero attached hydrogens (tertiary/aromatic N) is 2. The zero-order chi connectivity index (χ0) is 15.1. The molecule has 1 heterocycles. The highest BCUT2D eigenvalue weighted by molar-refractivity contribution is 5.80. The van der Waals surface area contributed by atoms with Crippen LogP contribution in [0.1, 0.15) is 29.3 Å². The second kappa shape index (κ2) is 7.40. The lowest BCUT2D eigenvalue weighted by Gasteiger charge is -2.19. The molecule has 2 aromatic rings. The van der Waals surface area contributed by atoms with Crippen LogP contribution in [0, 0.1) is 6.92 Å². The lowest BCUT2D eigenvalue weighted by molar-refractivity contribution is 0.315. The fourth-order valence-electron chi connectivity index (χ4n) is 2.17. The van der Waals surface area contributed by atoms with Gasteiger partial charge in [0.25, 0.3) is 0 Å². The Hall–Kier alpha value is -2.40. The molecule has 2 rings (SSSR count). The zero-order valence-electron chi connectivity index (χ0n) is 12.0. The molecule has 0 amide bonds. The molecule has 5 nitrogen and oxygen atoms in total. The topological polar surface area (TPSA) is 83.5 Å². The molecule has 4 N–H and O–H groups in total. The Morgan fingerprint density at radius 1 is 1.29 bits per heavy atom. The largest absolute Gasteiger partial charge is 0.409 e. The van der Waals surface area contributed by atoms with E-state index in [1.807, 2.05) is 49.4 Å². The second-order valence-electron chi connectivity index (χ2n) is 4.91. The summed E-state index contributed by atoms with van der Waals surface area (Å²) in [7, 11) is 0. The first-order valence-corrected chi connectivity index (χ1v) is 6.86. The van der Waals surface area contributed by atoms with Gasteiger partial charge in [-0.2, -0.15) is 0 Å². The minimum atomic E-state index is -0.0245. The molecule has 0 aliphatic rings. The lowest BCUT2D eigenvalue weighted by atomic mass is 10.0. The predicted octanol–water partition coefficient (Wildman–Crippen LogP) is 2.36. The summed E-state index contributed by atoms with van der Waals surface area (Å²) in [4.78, 5) is 4.37. The van der Waals surface area contributed by atoms with Gasteiger partial charge in [0.1, 0.15) is 5.84 Å². The van der Waals surface area contributed by atoms with Crippen molar-refractivity contribution in [2.45, 2.75) is 25.9 Å². The second-order valence-corrected chi connectivity index (χ2v) is 4.91. The van der Waals surface area contributed by atoms with E-state index in [4.69, 9.17) is 10.9 Å². The third kappa shape index (κ3) is 4.29. The summed E-state index contributed by atoms with van der Waals surface area (Å²) in [5, 5.41) is 15.3. The van der Waals surface area contributed by atoms with E-state index < -0.39 is 0 Å². The first-order chi connectivity index (χ1) is 10.2. The predicted molar refractivity (Wildman–Crippen MR) is 83.0 cm³/mol. The molecule has 21 heavy (non-hydrogen) atoms. The molecule has 0 fully saturated rings. The zero-order valence-corrected chi connectivity index (χ0v) is 12.0. The summed E-state index contributed by atoms with van der Waals surface area (Å²) >= 11 is 0. The maximum atomic E-state index is 8.78. The maximum absolute atomic E-state index is 8.78. The Kier molecular flexibility index (Phi) is 5.29. The van der Waals surface area contributed by atoms with Crippen molar-refractivity contribution in [2.24, 2.45) is 10.9 Å². The van der Waals surface area contributed by atoms with Crippen LogP contribution < -0.4 is 11.1 Å². The number of nitrogens with two attached hydrogens (primary N) is 1. The number of aryl methyl sites for hydroxylation is 1. The molecule has 110 valence electrons. The van der Waals surface area contributed by atoms with Crippen LogP contribution in [0.15, 0.2) is 53.8 Å². The Morgan fingerprint density at radius 3 is 2.71 bits per heavy atom. The molecular weight excluding hydrogens is 264 g/mol. The molecule has 1 aromatic carbocycles. The fourth-order valence-corrected chi connectivity index (χ4v) is 2.17. The average Bonchev–Trinajstić information content (AvgIpc) is 2.53. The van der Waals surface area contributed by atoms with E-state index in [-0.39, 0.29) is 11.9 Å². The quantitative estimate of drug-likeness (QED) is 0.329. The average molecular weight is 284 g/mol. The van der Waals surface area contributed by atoms with Gasteiger partial charge >= 0.3 is 0 Å². The minimum absolute atomic E-state index is 0.0245. The molecule has 0 saturated carbocycles. The molecular formula is C16H20N4O. The van der Waals surface area contributed by atoms with Gasteiger partial charge in [-0.05, 0) is 24.1 Å². The van der Waals surface area contributed by atoms with Gasteiger partial charge < -0.3 is 16.3 Å². The standard InChI is InChI=1S/C16H20N4O/c1-12-6-5-9-18-15(12)11-19-14(10-16(17)20-21)13-7-3-2-4-8-13/h2-9,14,19,21H,10-11H2,1H3,(H2,17,20). The smallest absolute Gasteiger partial charge is 0.141 e. The summed E-state index contributed by atoms with van der Waals surface area (Å²) in [5.41, 5.74) is 8.89. The first-order valence-electron chi connectivity index (χ1n) is 6.86. The van der Waals surface area contributed by atoms with Crippen molar-refractivity contribution >= 4 is 5.84 Å². The molecule has 0 aliphatic heterocycles. The third-order valence-corrected chi connectivity index (χ3v) is 3.38. The lowest BCUT2D eigenvalue weighted by Crippen LogP contribution is -2.27. The van der Waals surface area contributed by atoms with E-state index in [0.717, 1.165) is 16.8 Å². The van der Waals surface area contributed by atoms with Crippen molar-refractivity contribution in [1.29, 1.82) is 0 Å². The molecule has 1 atom stereocenters. The van der Waals surface area contributed by atoms with Gasteiger partial charge in [-0.1, -0.05) is 41.6 Å². The van der Waals surface area contributed by atoms with Gasteiger partial charge in [0.2, 0.25) is 0 Å². The molecule has 0 bridgehead atoms. The summed E-state index contributed by atoms with van der Waals surface area (Å²) in [6.07, 6.45) is 2.22. The SMILES string of the molecule is Cc1cccnc1CNC(CC(N)=NO)c1ccccc1. The van der Waals surface area contributed by atoms with Crippen molar-refractivity contribution in [3.8, 4) is 0 Å². The summed E-state index contributed by atoms with van der Waals surface area (Å²) in [6.45, 7) is 2.66. The molecule has 1 aromatic heterocycles. The van der Waals surface area contributed by atoms with Crippen molar-refractivity contribution in [3.63, 3.8) is 0 Å². The maximum Gasteiger partial charge on any atom is 0.141 e. The van der Waals surface area contributed by atoms with Crippen LogP contribution in [0.5, 0.6) is 0 Å². The van der Waals surface area contributed by atoms with Gasteiger partial charge in [-0.15, -0.1) is 0 Å². The molecule has 5 heteroatoms. The summed E-state index contributed by atoms with van der Waals surface area (Å²) in [5.74, 6) is 0.203. The van der Waals surface area contributed by atoms with Crippen molar-refractivity contribution in [3.05, 3.63) is 65.5 Å². The van der Waals surface area contributed by atoms with E-state index in [2.05, 4.69) is 15.5 Å². The van der Waals surface area contributed by atoms with Crippen LogP contribution in [0.2, 0.25) is 0 Å². The van der Waals surface area contributed by atoms with E-state index in [0.29, 0.717) is 13.0 Å². The van der Waals surface area contributed by atoms with Gasteiger partial charge in [0.05, 0.1) is 5.69 Å². The highest BCUT2D eigenvalue weighted by Gasteiger charge is 2.13. The number of rotatable bonds is 6. The molecule has 0 spiro atoms. The van der Waals surface area contributed by atoms with Gasteiger partial charge in [-0.25, -0.2) is 0 Å². The van der Waals surface area contributed by atoms with Crippen molar-refractivity contribution in [2.75, 3.05) is 0 Å². The van der Waals surface area contributed by atoms with Crippen LogP contribution in [0.25, 0.3) is 0 Å². The van der Waals surface area contributed by atoms with E-state index in [1.165, 1.54) is 0 Å². The number of nitrogens with one attached hydrogen (secondary N) is 1. The molecule has 0 aliphatic carbocycles. The Labute approximate surface area is 124 Å². The number of oxime groups is 1. The van der Waals surface area contributed by atoms with Crippen molar-refractivity contribution in [1.82, 2.24) is 10.3 Å². The van der Waals surface area contributed by atoms with Gasteiger partial charge in [0.15, 0.2) is 0 Å². The van der Waals surface area contributed by atoms with Crippen molar-refractivity contribution < 1.29 is 5.21 Å². The van der Waals surface area contributed by atoms with Gasteiger partial charge in [0, 0.05) is 25.2 Å². The number of hydrogen-bond donors (Lipinski definition) is 3. The Morgan fingerprint density at radius 2 is 2.05 bits per heavy atom.